The number of cyclic esters (lactones) is 1. The van der Waals surface area contributed by atoms with Crippen LogP contribution in [0.2, 0.25) is 0 Å². The molecule has 2 heterocycles. The van der Waals surface area contributed by atoms with Gasteiger partial charge >= 0.3 is 5.97 Å². The summed E-state index contributed by atoms with van der Waals surface area (Å²) in [6, 6.07) is 10.8. The van der Waals surface area contributed by atoms with Gasteiger partial charge in [0.15, 0.2) is 23.0 Å². The number of phenolic OH excluding ortho intramolecular Hbond substituents is 1. The highest BCUT2D eigenvalue weighted by Crippen LogP contribution is 2.34. The third-order valence-corrected chi connectivity index (χ3v) is 4.70. The van der Waals surface area contributed by atoms with Crippen LogP contribution in [-0.2, 0) is 16.0 Å². The van der Waals surface area contributed by atoms with E-state index in [-0.39, 0.29) is 17.6 Å². The summed E-state index contributed by atoms with van der Waals surface area (Å²) in [5, 5.41) is 9.95. The van der Waals surface area contributed by atoms with Gasteiger partial charge in [0.1, 0.15) is 13.2 Å². The summed E-state index contributed by atoms with van der Waals surface area (Å²) in [5.74, 6) is 1.50. The van der Waals surface area contributed by atoms with E-state index in [0.29, 0.717) is 43.1 Å². The largest absolute Gasteiger partial charge is 0.504 e. The van der Waals surface area contributed by atoms with Crippen molar-refractivity contribution in [3.05, 3.63) is 53.1 Å². The Hall–Kier alpha value is -3.15. The van der Waals surface area contributed by atoms with Gasteiger partial charge in [0.2, 0.25) is 0 Å². The van der Waals surface area contributed by atoms with Crippen LogP contribution in [-0.4, -0.2) is 38.0 Å². The number of rotatable bonds is 4. The molecule has 2 aromatic carbocycles. The summed E-state index contributed by atoms with van der Waals surface area (Å²) in [7, 11) is 1.49. The number of hydrogen-bond donors (Lipinski definition) is 1. The van der Waals surface area contributed by atoms with Crippen LogP contribution in [0.5, 0.6) is 23.0 Å². The predicted molar refractivity (Wildman–Crippen MR) is 98.2 cm³/mol. The number of fused-ring (bicyclic) bond motifs is 1. The third kappa shape index (κ3) is 3.56. The SMILES string of the molecule is COc1ccc(C=C2C(=O)OCC2Cc2ccc3c(c2)OCCO3)cc1O. The standard InChI is InChI=1S/C21H20O6/c1-24-18-4-2-14(10-17(18)22)9-16-15(12-27-21(16)23)8-13-3-5-19-20(11-13)26-7-6-25-19/h2-5,9-11,15,22H,6-8,12H2,1H3. The number of benzene rings is 2. The predicted octanol–water partition coefficient (Wildman–Crippen LogP) is 2.97. The van der Waals surface area contributed by atoms with Crippen molar-refractivity contribution in [3.8, 4) is 23.0 Å². The van der Waals surface area contributed by atoms with Crippen molar-refractivity contribution in [2.24, 2.45) is 5.92 Å². The van der Waals surface area contributed by atoms with E-state index >= 15 is 0 Å². The Bertz CT molecular complexity index is 902. The quantitative estimate of drug-likeness (QED) is 0.661. The van der Waals surface area contributed by atoms with E-state index < -0.39 is 0 Å². The molecular weight excluding hydrogens is 348 g/mol. The summed E-state index contributed by atoms with van der Waals surface area (Å²) in [5.41, 5.74) is 2.36. The minimum atomic E-state index is -0.326. The lowest BCUT2D eigenvalue weighted by Gasteiger charge is -2.19. The molecule has 1 unspecified atom stereocenters. The van der Waals surface area contributed by atoms with Crippen molar-refractivity contribution >= 4 is 12.0 Å². The average molecular weight is 368 g/mol. The van der Waals surface area contributed by atoms with Gasteiger partial charge in [0, 0.05) is 11.5 Å². The average Bonchev–Trinajstić information content (AvgIpc) is 3.01. The highest BCUT2D eigenvalue weighted by atomic mass is 16.6. The number of ether oxygens (including phenoxy) is 4. The molecule has 6 heteroatoms. The second-order valence-corrected chi connectivity index (χ2v) is 6.51. The van der Waals surface area contributed by atoms with Gasteiger partial charge < -0.3 is 24.1 Å². The molecule has 0 aromatic heterocycles. The van der Waals surface area contributed by atoms with Gasteiger partial charge in [-0.15, -0.1) is 0 Å². The Kier molecular flexibility index (Phi) is 4.62. The van der Waals surface area contributed by atoms with Gasteiger partial charge in [-0.2, -0.15) is 0 Å². The van der Waals surface area contributed by atoms with Gasteiger partial charge in [-0.1, -0.05) is 12.1 Å². The smallest absolute Gasteiger partial charge is 0.334 e. The second-order valence-electron chi connectivity index (χ2n) is 6.51. The topological polar surface area (TPSA) is 74.2 Å². The molecule has 2 aliphatic heterocycles. The van der Waals surface area contributed by atoms with Crippen LogP contribution in [0.15, 0.2) is 42.0 Å². The molecule has 1 saturated heterocycles. The maximum absolute atomic E-state index is 12.2. The van der Waals surface area contributed by atoms with Gasteiger partial charge in [0.25, 0.3) is 0 Å². The van der Waals surface area contributed by atoms with E-state index in [1.807, 2.05) is 18.2 Å². The molecule has 2 aromatic rings. The summed E-state index contributed by atoms with van der Waals surface area (Å²) in [6.07, 6.45) is 2.41. The van der Waals surface area contributed by atoms with Crippen molar-refractivity contribution in [1.82, 2.24) is 0 Å². The summed E-state index contributed by atoms with van der Waals surface area (Å²) in [4.78, 5) is 12.2. The summed E-state index contributed by atoms with van der Waals surface area (Å²) >= 11 is 0. The molecule has 0 amide bonds. The molecule has 0 bridgehead atoms. The molecule has 0 radical (unpaired) electrons. The normalized spacial score (nSPS) is 19.8. The van der Waals surface area contributed by atoms with Gasteiger partial charge in [0.05, 0.1) is 13.7 Å². The number of carbonyl (C=O) groups is 1. The fraction of sp³-hybridized carbons (Fsp3) is 0.286. The molecule has 0 aliphatic carbocycles. The first kappa shape index (κ1) is 17.3. The fourth-order valence-electron chi connectivity index (χ4n) is 3.34. The molecule has 27 heavy (non-hydrogen) atoms. The number of carbonyl (C=O) groups excluding carboxylic acids is 1. The first-order valence-electron chi connectivity index (χ1n) is 8.78. The van der Waals surface area contributed by atoms with Gasteiger partial charge in [-0.3, -0.25) is 0 Å². The van der Waals surface area contributed by atoms with E-state index in [9.17, 15) is 9.90 Å². The van der Waals surface area contributed by atoms with Crippen LogP contribution in [0.1, 0.15) is 11.1 Å². The molecule has 6 nitrogen and oxygen atoms in total. The van der Waals surface area contributed by atoms with Crippen molar-refractivity contribution in [2.45, 2.75) is 6.42 Å². The Morgan fingerprint density at radius 2 is 1.93 bits per heavy atom. The fourth-order valence-corrected chi connectivity index (χ4v) is 3.34. The van der Waals surface area contributed by atoms with Crippen LogP contribution in [0.25, 0.3) is 6.08 Å². The molecule has 0 saturated carbocycles. The van der Waals surface area contributed by atoms with E-state index in [0.717, 1.165) is 17.1 Å². The Labute approximate surface area is 156 Å². The van der Waals surface area contributed by atoms with Crippen molar-refractivity contribution in [3.63, 3.8) is 0 Å². The molecule has 1 atom stereocenters. The van der Waals surface area contributed by atoms with Crippen LogP contribution in [0.4, 0.5) is 0 Å². The van der Waals surface area contributed by atoms with Crippen molar-refractivity contribution in [2.75, 3.05) is 26.9 Å². The lowest BCUT2D eigenvalue weighted by molar-refractivity contribution is -0.135. The minimum absolute atomic E-state index is 0.0293. The van der Waals surface area contributed by atoms with Crippen molar-refractivity contribution < 1.29 is 28.8 Å². The van der Waals surface area contributed by atoms with Crippen molar-refractivity contribution in [1.29, 1.82) is 0 Å². The zero-order chi connectivity index (χ0) is 18.8. The molecular formula is C21H20O6. The number of methoxy groups -OCH3 is 1. The van der Waals surface area contributed by atoms with Crippen LogP contribution < -0.4 is 14.2 Å². The third-order valence-electron chi connectivity index (χ3n) is 4.70. The molecule has 4 rings (SSSR count). The van der Waals surface area contributed by atoms with Gasteiger partial charge in [-0.25, -0.2) is 4.79 Å². The monoisotopic (exact) mass is 368 g/mol. The lowest BCUT2D eigenvalue weighted by atomic mass is 9.92. The van der Waals surface area contributed by atoms with E-state index in [4.69, 9.17) is 18.9 Å². The molecule has 0 spiro atoms. The zero-order valence-electron chi connectivity index (χ0n) is 14.9. The highest BCUT2D eigenvalue weighted by molar-refractivity contribution is 5.96. The zero-order valence-corrected chi connectivity index (χ0v) is 14.9. The molecule has 1 fully saturated rings. The van der Waals surface area contributed by atoms with Crippen LogP contribution in [0, 0.1) is 5.92 Å². The minimum Gasteiger partial charge on any atom is -0.504 e. The first-order valence-corrected chi connectivity index (χ1v) is 8.78. The Morgan fingerprint density at radius 3 is 2.70 bits per heavy atom. The second kappa shape index (κ2) is 7.23. The Morgan fingerprint density at radius 1 is 1.11 bits per heavy atom. The number of hydrogen-bond acceptors (Lipinski definition) is 6. The van der Waals surface area contributed by atoms with E-state index in [1.165, 1.54) is 7.11 Å². The van der Waals surface area contributed by atoms with Crippen LogP contribution in [0.3, 0.4) is 0 Å². The molecule has 2 aliphatic rings. The van der Waals surface area contributed by atoms with Crippen LogP contribution >= 0.6 is 0 Å². The molecule has 1 N–H and O–H groups in total. The van der Waals surface area contributed by atoms with E-state index in [2.05, 4.69) is 0 Å². The number of aromatic hydroxyl groups is 1. The maximum atomic E-state index is 12.2. The first-order chi connectivity index (χ1) is 13.1. The lowest BCUT2D eigenvalue weighted by Crippen LogP contribution is -2.15. The Balaban J connectivity index is 1.57. The van der Waals surface area contributed by atoms with Gasteiger partial charge in [-0.05, 0) is 47.9 Å². The maximum Gasteiger partial charge on any atom is 0.334 e. The summed E-state index contributed by atoms with van der Waals surface area (Å²) < 4.78 is 21.5. The number of esters is 1. The highest BCUT2D eigenvalue weighted by Gasteiger charge is 2.31. The molecule has 140 valence electrons. The summed E-state index contributed by atoms with van der Waals surface area (Å²) in [6.45, 7) is 1.42. The number of phenols is 1. The van der Waals surface area contributed by atoms with E-state index in [1.54, 1.807) is 24.3 Å².